The van der Waals surface area contributed by atoms with E-state index in [1.165, 1.54) is 18.5 Å². The van der Waals surface area contributed by atoms with Crippen LogP contribution >= 0.6 is 11.6 Å². The minimum atomic E-state index is -0.470. The normalized spacial score (nSPS) is 20.9. The lowest BCUT2D eigenvalue weighted by atomic mass is 10.0. The molecule has 1 fully saturated rings. The molecule has 3 heterocycles. The number of nitrogens with one attached hydrogen (secondary N) is 1. The molecule has 2 unspecified atom stereocenters. The summed E-state index contributed by atoms with van der Waals surface area (Å²) in [6, 6.07) is 6.17. The number of hydrogen-bond donors (Lipinski definition) is 3. The fourth-order valence-corrected chi connectivity index (χ4v) is 3.55. The molecule has 2 atom stereocenters. The van der Waals surface area contributed by atoms with Gasteiger partial charge in [0.1, 0.15) is 17.7 Å². The van der Waals surface area contributed by atoms with Gasteiger partial charge in [-0.3, -0.25) is 4.90 Å². The van der Waals surface area contributed by atoms with Crippen LogP contribution in [0.1, 0.15) is 12.0 Å². The van der Waals surface area contributed by atoms with Crippen molar-refractivity contribution in [3.05, 3.63) is 53.2 Å². The Kier molecular flexibility index (Phi) is 4.96. The van der Waals surface area contributed by atoms with Gasteiger partial charge in [0.25, 0.3) is 0 Å². The van der Waals surface area contributed by atoms with Gasteiger partial charge in [-0.05, 0) is 36.2 Å². The zero-order chi connectivity index (χ0) is 19.0. The zero-order valence-corrected chi connectivity index (χ0v) is 15.3. The first-order chi connectivity index (χ1) is 13.0. The molecule has 1 aromatic carbocycles. The molecule has 142 valence electrons. The average molecular weight is 391 g/mol. The summed E-state index contributed by atoms with van der Waals surface area (Å²) in [5.74, 6) is 0.135. The standard InChI is InChI=1S/C18H20ClFN6O/c19-13-7-12(1-2-14(13)20)24-18-17-11(3-6-26(17)23-10-22-18)8-25-5-4-16(27)15(21)9-25/h1-3,6-7,10,15-16,27H,4-5,8-9,21H2,(H,22,23,24). The highest BCUT2D eigenvalue weighted by Gasteiger charge is 2.25. The van der Waals surface area contributed by atoms with Crippen LogP contribution in [-0.2, 0) is 6.54 Å². The molecule has 0 bridgehead atoms. The highest BCUT2D eigenvalue weighted by atomic mass is 35.5. The monoisotopic (exact) mass is 390 g/mol. The first-order valence-corrected chi connectivity index (χ1v) is 9.08. The molecule has 0 aliphatic carbocycles. The minimum Gasteiger partial charge on any atom is -0.391 e. The number of nitrogens with two attached hydrogens (primary N) is 1. The molecule has 2 aromatic heterocycles. The number of halogens is 2. The van der Waals surface area contributed by atoms with E-state index < -0.39 is 11.9 Å². The lowest BCUT2D eigenvalue weighted by Crippen LogP contribution is -2.50. The molecule has 0 radical (unpaired) electrons. The van der Waals surface area contributed by atoms with Crippen molar-refractivity contribution in [3.63, 3.8) is 0 Å². The second-order valence-corrected chi connectivity index (χ2v) is 7.16. The van der Waals surface area contributed by atoms with E-state index in [9.17, 15) is 9.50 Å². The van der Waals surface area contributed by atoms with E-state index in [0.717, 1.165) is 17.6 Å². The molecule has 0 saturated carbocycles. The Morgan fingerprint density at radius 2 is 2.22 bits per heavy atom. The summed E-state index contributed by atoms with van der Waals surface area (Å²) in [5, 5.41) is 17.3. The van der Waals surface area contributed by atoms with Crippen molar-refractivity contribution in [3.8, 4) is 0 Å². The second-order valence-electron chi connectivity index (χ2n) is 6.75. The van der Waals surface area contributed by atoms with Gasteiger partial charge in [-0.15, -0.1) is 0 Å². The number of benzene rings is 1. The van der Waals surface area contributed by atoms with Crippen LogP contribution < -0.4 is 11.1 Å². The Labute approximate surface area is 160 Å². The fraction of sp³-hybridized carbons (Fsp3) is 0.333. The maximum atomic E-state index is 13.4. The van der Waals surface area contributed by atoms with Crippen LogP contribution in [0.4, 0.5) is 15.9 Å². The van der Waals surface area contributed by atoms with E-state index in [0.29, 0.717) is 31.0 Å². The lowest BCUT2D eigenvalue weighted by molar-refractivity contribution is 0.0595. The van der Waals surface area contributed by atoms with Crippen LogP contribution in [0.2, 0.25) is 5.02 Å². The van der Waals surface area contributed by atoms with Crippen molar-refractivity contribution in [2.45, 2.75) is 25.1 Å². The Morgan fingerprint density at radius 1 is 1.37 bits per heavy atom. The van der Waals surface area contributed by atoms with Crippen LogP contribution in [-0.4, -0.2) is 49.8 Å². The molecular weight excluding hydrogens is 371 g/mol. The largest absolute Gasteiger partial charge is 0.391 e. The van der Waals surface area contributed by atoms with E-state index in [4.69, 9.17) is 17.3 Å². The van der Waals surface area contributed by atoms with Gasteiger partial charge in [0.15, 0.2) is 5.82 Å². The van der Waals surface area contributed by atoms with Crippen molar-refractivity contribution in [2.24, 2.45) is 5.73 Å². The summed E-state index contributed by atoms with van der Waals surface area (Å²) in [6.07, 6.45) is 3.53. The van der Waals surface area contributed by atoms with Crippen LogP contribution in [0.3, 0.4) is 0 Å². The molecule has 0 spiro atoms. The molecule has 1 saturated heterocycles. The first-order valence-electron chi connectivity index (χ1n) is 8.70. The fourth-order valence-electron chi connectivity index (χ4n) is 3.37. The molecule has 0 amide bonds. The molecule has 1 aliphatic rings. The van der Waals surface area contributed by atoms with Gasteiger partial charge in [-0.1, -0.05) is 11.6 Å². The Bertz CT molecular complexity index is 964. The van der Waals surface area contributed by atoms with Gasteiger partial charge in [-0.2, -0.15) is 5.10 Å². The number of nitrogens with zero attached hydrogens (tertiary/aromatic N) is 4. The summed E-state index contributed by atoms with van der Waals surface area (Å²) in [5.41, 5.74) is 8.50. The number of anilines is 2. The smallest absolute Gasteiger partial charge is 0.158 e. The van der Waals surface area contributed by atoms with Gasteiger partial charge in [-0.25, -0.2) is 13.9 Å². The van der Waals surface area contributed by atoms with E-state index in [1.807, 2.05) is 12.3 Å². The first kappa shape index (κ1) is 18.1. The third kappa shape index (κ3) is 3.74. The highest BCUT2D eigenvalue weighted by molar-refractivity contribution is 6.31. The summed E-state index contributed by atoms with van der Waals surface area (Å²) in [7, 11) is 0. The predicted octanol–water partition coefficient (Wildman–Crippen LogP) is 2.16. The van der Waals surface area contributed by atoms with Crippen molar-refractivity contribution in [1.29, 1.82) is 0 Å². The SMILES string of the molecule is NC1CN(Cc2ccn3ncnc(Nc4ccc(F)c(Cl)c4)c23)CCC1O. The number of rotatable bonds is 4. The molecule has 27 heavy (non-hydrogen) atoms. The van der Waals surface area contributed by atoms with Crippen LogP contribution in [0.25, 0.3) is 5.52 Å². The van der Waals surface area contributed by atoms with Gasteiger partial charge >= 0.3 is 0 Å². The topological polar surface area (TPSA) is 91.7 Å². The Hall–Kier alpha value is -2.26. The molecule has 3 aromatic rings. The van der Waals surface area contributed by atoms with Crippen LogP contribution in [0.5, 0.6) is 0 Å². The molecule has 1 aliphatic heterocycles. The number of aromatic nitrogens is 3. The minimum absolute atomic E-state index is 0.0431. The molecule has 4 N–H and O–H groups in total. The number of aliphatic hydroxyl groups is 1. The van der Waals surface area contributed by atoms with Gasteiger partial charge in [0.2, 0.25) is 0 Å². The van der Waals surface area contributed by atoms with Gasteiger partial charge in [0.05, 0.1) is 11.1 Å². The molecule has 4 rings (SSSR count). The van der Waals surface area contributed by atoms with Gasteiger partial charge in [0, 0.05) is 37.6 Å². The summed E-state index contributed by atoms with van der Waals surface area (Å²) < 4.78 is 15.1. The summed E-state index contributed by atoms with van der Waals surface area (Å²) >= 11 is 5.87. The number of likely N-dealkylation sites (tertiary alicyclic amines) is 1. The molecule has 9 heteroatoms. The number of aliphatic hydroxyl groups excluding tert-OH is 1. The van der Waals surface area contributed by atoms with Crippen molar-refractivity contribution >= 4 is 28.6 Å². The predicted molar refractivity (Wildman–Crippen MR) is 102 cm³/mol. The number of fused-ring (bicyclic) bond motifs is 1. The second kappa shape index (κ2) is 7.40. The Balaban J connectivity index is 1.62. The summed E-state index contributed by atoms with van der Waals surface area (Å²) in [6.45, 7) is 2.07. The lowest BCUT2D eigenvalue weighted by Gasteiger charge is -2.34. The van der Waals surface area contributed by atoms with E-state index in [1.54, 1.807) is 10.6 Å². The molecule has 7 nitrogen and oxygen atoms in total. The number of piperidine rings is 1. The van der Waals surface area contributed by atoms with E-state index in [2.05, 4.69) is 20.3 Å². The van der Waals surface area contributed by atoms with Crippen LogP contribution in [0, 0.1) is 5.82 Å². The number of hydrogen-bond acceptors (Lipinski definition) is 6. The quantitative estimate of drug-likeness (QED) is 0.632. The highest BCUT2D eigenvalue weighted by Crippen LogP contribution is 2.27. The average Bonchev–Trinajstić information content (AvgIpc) is 3.05. The van der Waals surface area contributed by atoms with E-state index >= 15 is 0 Å². The van der Waals surface area contributed by atoms with Crippen LogP contribution in [0.15, 0.2) is 36.8 Å². The maximum Gasteiger partial charge on any atom is 0.158 e. The molecular formula is C18H20ClFN6O. The third-order valence-electron chi connectivity index (χ3n) is 4.82. The van der Waals surface area contributed by atoms with Gasteiger partial charge < -0.3 is 16.2 Å². The van der Waals surface area contributed by atoms with Crippen molar-refractivity contribution in [2.75, 3.05) is 18.4 Å². The third-order valence-corrected chi connectivity index (χ3v) is 5.11. The van der Waals surface area contributed by atoms with Crippen molar-refractivity contribution in [1.82, 2.24) is 19.5 Å². The Morgan fingerprint density at radius 3 is 3.00 bits per heavy atom. The zero-order valence-electron chi connectivity index (χ0n) is 14.5. The van der Waals surface area contributed by atoms with Crippen molar-refractivity contribution < 1.29 is 9.50 Å². The summed E-state index contributed by atoms with van der Waals surface area (Å²) in [4.78, 5) is 6.55. The maximum absolute atomic E-state index is 13.4. The van der Waals surface area contributed by atoms with E-state index in [-0.39, 0.29) is 11.1 Å².